The largest absolute Gasteiger partial charge is 0.478 e. The van der Waals surface area contributed by atoms with E-state index in [1.807, 2.05) is 0 Å². The van der Waals surface area contributed by atoms with Crippen LogP contribution < -0.4 is 5.32 Å². The van der Waals surface area contributed by atoms with E-state index in [0.29, 0.717) is 5.52 Å². The van der Waals surface area contributed by atoms with Crippen LogP contribution in [0.4, 0.5) is 10.5 Å². The van der Waals surface area contributed by atoms with E-state index in [0.717, 1.165) is 16.0 Å². The molecule has 1 aliphatic rings. The molecule has 2 N–H and O–H groups in total. The van der Waals surface area contributed by atoms with E-state index in [9.17, 15) is 33.2 Å². The molecule has 0 radical (unpaired) electrons. The molecule has 1 aliphatic heterocycles. The minimum Gasteiger partial charge on any atom is -0.478 e. The number of nitro groups is 1. The van der Waals surface area contributed by atoms with E-state index in [-0.39, 0.29) is 52.4 Å². The number of hydrogen-bond donors (Lipinski definition) is 2. The van der Waals surface area contributed by atoms with Crippen LogP contribution in [0.1, 0.15) is 24.9 Å². The zero-order valence-electron chi connectivity index (χ0n) is 19.7. The first kappa shape index (κ1) is 26.1. The number of nitrogens with zero attached hydrogens (tertiary/aromatic N) is 5. The summed E-state index contributed by atoms with van der Waals surface area (Å²) in [5, 5.41) is 23.7. The van der Waals surface area contributed by atoms with Crippen LogP contribution in [0, 0.1) is 10.1 Å². The first-order chi connectivity index (χ1) is 17.5. The zero-order chi connectivity index (χ0) is 26.9. The lowest BCUT2D eigenvalue weighted by Crippen LogP contribution is -2.49. The molecule has 1 unspecified atom stereocenters. The molecule has 37 heavy (non-hydrogen) atoms. The Bertz CT molecular complexity index is 1540. The molecule has 1 aromatic heterocycles. The van der Waals surface area contributed by atoms with Crippen molar-refractivity contribution >= 4 is 50.5 Å². The Kier molecular flexibility index (Phi) is 7.20. The van der Waals surface area contributed by atoms with E-state index in [1.165, 1.54) is 49.2 Å². The molecule has 0 saturated heterocycles. The van der Waals surface area contributed by atoms with E-state index in [4.69, 9.17) is 0 Å². The number of carboxylic acid groups (broad SMARTS) is 1. The summed E-state index contributed by atoms with van der Waals surface area (Å²) in [5.41, 5.74) is 0.727. The molecule has 4 rings (SSSR count). The van der Waals surface area contributed by atoms with E-state index >= 15 is 0 Å². The third-order valence-corrected chi connectivity index (χ3v) is 8.41. The minimum absolute atomic E-state index is 0.00677. The fourth-order valence-corrected chi connectivity index (χ4v) is 6.14. The fraction of sp³-hybridized carbons (Fsp3) is 0.273. The van der Waals surface area contributed by atoms with Gasteiger partial charge in [0, 0.05) is 38.0 Å². The molecule has 3 aromatic rings. The van der Waals surface area contributed by atoms with Gasteiger partial charge in [-0.25, -0.2) is 22.3 Å². The number of benzene rings is 2. The Labute approximate surface area is 215 Å². The second-order valence-corrected chi connectivity index (χ2v) is 10.8. The smallest absolute Gasteiger partial charge is 0.335 e. The average molecular weight is 547 g/mol. The number of urea groups is 1. The van der Waals surface area contributed by atoms with Crippen molar-refractivity contribution in [1.82, 2.24) is 23.3 Å². The monoisotopic (exact) mass is 546 g/mol. The van der Waals surface area contributed by atoms with Gasteiger partial charge in [-0.1, -0.05) is 18.2 Å². The highest BCUT2D eigenvalue weighted by Crippen LogP contribution is 2.35. The molecular formula is C22H22N6O7S2. The van der Waals surface area contributed by atoms with Crippen LogP contribution in [0.5, 0.6) is 0 Å². The van der Waals surface area contributed by atoms with Crippen molar-refractivity contribution in [3.63, 3.8) is 0 Å². The van der Waals surface area contributed by atoms with Gasteiger partial charge >= 0.3 is 12.0 Å². The van der Waals surface area contributed by atoms with Gasteiger partial charge in [-0.3, -0.25) is 10.1 Å². The summed E-state index contributed by atoms with van der Waals surface area (Å²) in [6, 6.07) is 8.41. The van der Waals surface area contributed by atoms with Gasteiger partial charge in [0.1, 0.15) is 15.9 Å². The number of carboxylic acids is 1. The number of allylic oxidation sites excluding steroid dienone is 1. The van der Waals surface area contributed by atoms with E-state index in [2.05, 4.69) is 14.1 Å². The van der Waals surface area contributed by atoms with Gasteiger partial charge in [-0.05, 0) is 31.0 Å². The molecule has 0 aliphatic carbocycles. The van der Waals surface area contributed by atoms with Gasteiger partial charge in [0.15, 0.2) is 0 Å². The number of carbonyl (C=O) groups excluding carboxylic acids is 1. The van der Waals surface area contributed by atoms with Crippen LogP contribution in [-0.2, 0) is 14.8 Å². The fourth-order valence-electron chi connectivity index (χ4n) is 4.18. The number of nitrogens with one attached hydrogen (secondary N) is 1. The molecule has 0 fully saturated rings. The molecule has 1 atom stereocenters. The standard InChI is InChI=1S/C22H22N6O7S2/c1-13-18(21(29)30)20(14-6-3-7-15(12-14)28(32)33)27(22(31)23-13)11-5-10-26(2)37(34,35)17-9-4-8-16-19(17)25-36-24-16/h3-4,6-9,12,20H,5,10-11H2,1-2H3,(H,23,31)(H,29,30). The Morgan fingerprint density at radius 3 is 2.70 bits per heavy atom. The molecule has 2 amide bonds. The number of nitro benzene ring substituents is 1. The zero-order valence-corrected chi connectivity index (χ0v) is 21.3. The third-order valence-electron chi connectivity index (χ3n) is 5.98. The van der Waals surface area contributed by atoms with Crippen molar-refractivity contribution < 1.29 is 28.0 Å². The molecule has 194 valence electrons. The number of carbonyl (C=O) groups is 2. The van der Waals surface area contributed by atoms with Crippen LogP contribution in [0.3, 0.4) is 0 Å². The van der Waals surface area contributed by atoms with Crippen LogP contribution in [0.2, 0.25) is 0 Å². The quantitative estimate of drug-likeness (QED) is 0.302. The van der Waals surface area contributed by atoms with Gasteiger partial charge in [0.25, 0.3) is 5.69 Å². The number of rotatable bonds is 9. The van der Waals surface area contributed by atoms with Gasteiger partial charge in [0.2, 0.25) is 10.0 Å². The lowest BCUT2D eigenvalue weighted by Gasteiger charge is -2.37. The van der Waals surface area contributed by atoms with Gasteiger partial charge in [-0.2, -0.15) is 8.75 Å². The maximum atomic E-state index is 13.2. The predicted octanol–water partition coefficient (Wildman–Crippen LogP) is 2.74. The third kappa shape index (κ3) is 5.00. The highest BCUT2D eigenvalue weighted by Gasteiger charge is 2.38. The number of amides is 2. The van der Waals surface area contributed by atoms with Gasteiger partial charge in [-0.15, -0.1) is 0 Å². The number of aromatic nitrogens is 2. The summed E-state index contributed by atoms with van der Waals surface area (Å²) in [6.45, 7) is 1.43. The number of fused-ring (bicyclic) bond motifs is 1. The molecule has 0 spiro atoms. The molecule has 0 saturated carbocycles. The average Bonchev–Trinajstić information content (AvgIpc) is 3.33. The maximum Gasteiger partial charge on any atom is 0.335 e. The topological polar surface area (TPSA) is 176 Å². The second-order valence-electron chi connectivity index (χ2n) is 8.29. The van der Waals surface area contributed by atoms with Crippen LogP contribution in [0.25, 0.3) is 11.0 Å². The Hall–Kier alpha value is -3.95. The molecule has 0 bridgehead atoms. The van der Waals surface area contributed by atoms with E-state index < -0.39 is 33.0 Å². The summed E-state index contributed by atoms with van der Waals surface area (Å²) in [7, 11) is -2.53. The SMILES string of the molecule is CC1=C(C(=O)O)C(c2cccc([N+](=O)[O-])c2)N(CCCN(C)S(=O)(=O)c2cccc3nsnc23)C(=O)N1. The molecule has 2 aromatic carbocycles. The number of hydrogen-bond acceptors (Lipinski definition) is 9. The van der Waals surface area contributed by atoms with Crippen molar-refractivity contribution in [2.75, 3.05) is 20.1 Å². The molecule has 13 nitrogen and oxygen atoms in total. The van der Waals surface area contributed by atoms with Crippen molar-refractivity contribution in [2.45, 2.75) is 24.3 Å². The number of sulfonamides is 1. The summed E-state index contributed by atoms with van der Waals surface area (Å²) >= 11 is 0.907. The van der Waals surface area contributed by atoms with Crippen molar-refractivity contribution in [3.8, 4) is 0 Å². The highest BCUT2D eigenvalue weighted by molar-refractivity contribution is 7.89. The Morgan fingerprint density at radius 2 is 2.00 bits per heavy atom. The van der Waals surface area contributed by atoms with Crippen molar-refractivity contribution in [2.24, 2.45) is 0 Å². The number of non-ortho nitro benzene ring substituents is 1. The molecule has 2 heterocycles. The Morgan fingerprint density at radius 1 is 1.27 bits per heavy atom. The predicted molar refractivity (Wildman–Crippen MR) is 133 cm³/mol. The summed E-state index contributed by atoms with van der Waals surface area (Å²) in [4.78, 5) is 36.9. The van der Waals surface area contributed by atoms with Crippen molar-refractivity contribution in [1.29, 1.82) is 0 Å². The second kappa shape index (κ2) is 10.2. The minimum atomic E-state index is -3.93. The maximum absolute atomic E-state index is 13.2. The lowest BCUT2D eigenvalue weighted by atomic mass is 9.93. The van der Waals surface area contributed by atoms with Gasteiger partial charge in [0.05, 0.1) is 28.3 Å². The summed E-state index contributed by atoms with van der Waals surface area (Å²) < 4.78 is 35.6. The Balaban J connectivity index is 1.59. The van der Waals surface area contributed by atoms with E-state index in [1.54, 1.807) is 12.1 Å². The summed E-state index contributed by atoms with van der Waals surface area (Å²) in [5.74, 6) is -1.29. The number of aliphatic carboxylic acids is 1. The lowest BCUT2D eigenvalue weighted by molar-refractivity contribution is -0.384. The van der Waals surface area contributed by atoms with Crippen molar-refractivity contribution in [3.05, 3.63) is 69.4 Å². The summed E-state index contributed by atoms with van der Waals surface area (Å²) in [6.07, 6.45) is 0.159. The van der Waals surface area contributed by atoms with Gasteiger partial charge < -0.3 is 15.3 Å². The normalized spacial score (nSPS) is 16.4. The molecule has 15 heteroatoms. The first-order valence-electron chi connectivity index (χ1n) is 11.0. The van der Waals surface area contributed by atoms with Crippen LogP contribution >= 0.6 is 11.7 Å². The first-order valence-corrected chi connectivity index (χ1v) is 13.1. The highest BCUT2D eigenvalue weighted by atomic mass is 32.2. The molecular weight excluding hydrogens is 524 g/mol. The van der Waals surface area contributed by atoms with Crippen LogP contribution in [-0.4, -0.2) is 68.5 Å². The van der Waals surface area contributed by atoms with Crippen LogP contribution in [0.15, 0.2) is 58.6 Å².